The minimum absolute atomic E-state index is 0.528. The number of hydrogen-bond donors (Lipinski definition) is 0. The Bertz CT molecular complexity index is 3810. The van der Waals surface area contributed by atoms with E-state index in [0.29, 0.717) is 17.6 Å². The van der Waals surface area contributed by atoms with Crippen LogP contribution in [0.15, 0.2) is 200 Å². The van der Waals surface area contributed by atoms with Crippen molar-refractivity contribution in [2.45, 2.75) is 0 Å². The summed E-state index contributed by atoms with van der Waals surface area (Å²) in [5.74, 6) is 1.74. The molecule has 0 aliphatic carbocycles. The van der Waals surface area contributed by atoms with Gasteiger partial charge in [0.25, 0.3) is 0 Å². The van der Waals surface area contributed by atoms with Gasteiger partial charge in [-0.25, -0.2) is 9.97 Å². The van der Waals surface area contributed by atoms with E-state index in [1.807, 2.05) is 60.7 Å². The van der Waals surface area contributed by atoms with Gasteiger partial charge in [0, 0.05) is 43.7 Å². The van der Waals surface area contributed by atoms with Gasteiger partial charge in [-0.05, 0) is 59.0 Å². The van der Waals surface area contributed by atoms with Crippen LogP contribution in [0.1, 0.15) is 0 Å². The molecule has 8 aromatic carbocycles. The molecule has 5 aromatic heterocycles. The second kappa shape index (κ2) is 13.0. The van der Waals surface area contributed by atoms with E-state index in [0.717, 1.165) is 71.8 Å². The van der Waals surface area contributed by atoms with Crippen LogP contribution in [0.3, 0.4) is 0 Å². The van der Waals surface area contributed by atoms with Crippen LogP contribution in [-0.2, 0) is 0 Å². The van der Waals surface area contributed by atoms with Crippen LogP contribution in [-0.4, -0.2) is 33.5 Å². The van der Waals surface area contributed by atoms with Crippen molar-refractivity contribution in [1.29, 1.82) is 0 Å². The Kier molecular flexibility index (Phi) is 7.17. The van der Waals surface area contributed by atoms with E-state index in [9.17, 15) is 0 Å². The Hall–Kier alpha value is -8.42. The topological polar surface area (TPSA) is 65.8 Å². The lowest BCUT2D eigenvalue weighted by molar-refractivity contribution is 0.942. The van der Waals surface area contributed by atoms with Gasteiger partial charge in [0.1, 0.15) is 11.2 Å². The van der Waals surface area contributed by atoms with Gasteiger partial charge in [0.15, 0.2) is 17.3 Å². The number of fused-ring (bicyclic) bond motifs is 13. The summed E-state index contributed by atoms with van der Waals surface area (Å²) < 4.78 is 6.86. The van der Waals surface area contributed by atoms with E-state index in [4.69, 9.17) is 19.9 Å². The van der Waals surface area contributed by atoms with Crippen molar-refractivity contribution in [3.8, 4) is 45.5 Å². The number of nitrogens with zero attached hydrogens (tertiary/aromatic N) is 7. The first-order valence-corrected chi connectivity index (χ1v) is 20.5. The minimum Gasteiger partial charge on any atom is -0.309 e. The molecule has 0 atom stereocenters. The van der Waals surface area contributed by atoms with Crippen molar-refractivity contribution < 1.29 is 0 Å². The molecule has 7 nitrogen and oxygen atoms in total. The Morgan fingerprint density at radius 2 is 0.918 bits per heavy atom. The molecular weight excluding hydrogens is 747 g/mol. The van der Waals surface area contributed by atoms with Crippen molar-refractivity contribution in [2.75, 3.05) is 0 Å². The average Bonchev–Trinajstić information content (AvgIpc) is 4.00. The molecule has 13 aromatic rings. The molecule has 0 aliphatic heterocycles. The van der Waals surface area contributed by atoms with E-state index in [1.165, 1.54) is 27.4 Å². The summed E-state index contributed by atoms with van der Waals surface area (Å²) in [6.07, 6.45) is 0. The van der Waals surface area contributed by atoms with Crippen molar-refractivity contribution in [2.24, 2.45) is 0 Å². The highest BCUT2D eigenvalue weighted by molar-refractivity contribution is 6.19. The number of imidazole rings is 1. The zero-order chi connectivity index (χ0) is 40.0. The summed E-state index contributed by atoms with van der Waals surface area (Å²) >= 11 is 0. The van der Waals surface area contributed by atoms with E-state index in [1.54, 1.807) is 0 Å². The highest BCUT2D eigenvalue weighted by atomic mass is 15.3. The second-order valence-corrected chi connectivity index (χ2v) is 15.5. The third kappa shape index (κ3) is 4.98. The van der Waals surface area contributed by atoms with Crippen LogP contribution in [0.2, 0.25) is 0 Å². The summed E-state index contributed by atoms with van der Waals surface area (Å²) in [5.41, 5.74) is 12.3. The Balaban J connectivity index is 1.13. The number of hydrogen-bond acceptors (Lipinski definition) is 4. The minimum atomic E-state index is 0.528. The molecule has 5 heterocycles. The third-order valence-electron chi connectivity index (χ3n) is 12.1. The predicted octanol–water partition coefficient (Wildman–Crippen LogP) is 13.0. The lowest BCUT2D eigenvalue weighted by Crippen LogP contribution is -2.07. The first-order chi connectivity index (χ1) is 30.3. The van der Waals surface area contributed by atoms with Crippen LogP contribution in [0.5, 0.6) is 0 Å². The monoisotopic (exact) mass is 779 g/mol. The van der Waals surface area contributed by atoms with Crippen LogP contribution in [0, 0.1) is 0 Å². The molecule has 0 saturated heterocycles. The van der Waals surface area contributed by atoms with Crippen LogP contribution in [0.25, 0.3) is 117 Å². The van der Waals surface area contributed by atoms with Crippen molar-refractivity contribution in [3.05, 3.63) is 200 Å². The number of pyridine rings is 1. The van der Waals surface area contributed by atoms with Crippen LogP contribution in [0.4, 0.5) is 0 Å². The van der Waals surface area contributed by atoms with Gasteiger partial charge in [0.05, 0.1) is 22.1 Å². The Morgan fingerprint density at radius 1 is 0.344 bits per heavy atom. The number of benzene rings is 8. The number of para-hydroxylation sites is 4. The summed E-state index contributed by atoms with van der Waals surface area (Å²) in [7, 11) is 0. The fraction of sp³-hybridized carbons (Fsp3) is 0. The predicted molar refractivity (Wildman–Crippen MR) is 249 cm³/mol. The van der Waals surface area contributed by atoms with Gasteiger partial charge in [0.2, 0.25) is 5.95 Å². The van der Waals surface area contributed by atoms with Crippen LogP contribution >= 0.6 is 0 Å². The third-order valence-corrected chi connectivity index (χ3v) is 12.1. The molecular formula is C54H33N7. The zero-order valence-corrected chi connectivity index (χ0v) is 32.7. The lowest BCUT2D eigenvalue weighted by atomic mass is 9.96. The largest absolute Gasteiger partial charge is 0.309 e. The average molecular weight is 780 g/mol. The maximum atomic E-state index is 5.59. The van der Waals surface area contributed by atoms with Gasteiger partial charge in [-0.1, -0.05) is 158 Å². The summed E-state index contributed by atoms with van der Waals surface area (Å²) in [4.78, 5) is 21.1. The molecule has 7 heteroatoms. The standard InChI is InChI=1S/C54H33N7/c1-4-17-34(18-5-1)50-56-51(35-19-6-2-7-20-35)58-54(57-50)61-46-29-15-12-25-42(46)49-53(61)60-44-27-13-10-23-40(44)39-32-31-36(33-43(39)52(60)55-49)38-26-16-30-47-48(38)41-24-11-14-28-45(41)59(47)37-21-8-3-9-22-37/h1-33H. The summed E-state index contributed by atoms with van der Waals surface area (Å²) in [6.45, 7) is 0. The van der Waals surface area contributed by atoms with E-state index in [2.05, 4.69) is 153 Å². The van der Waals surface area contributed by atoms with E-state index >= 15 is 0 Å². The zero-order valence-electron chi connectivity index (χ0n) is 32.7. The number of aromatic nitrogens is 7. The molecule has 13 rings (SSSR count). The molecule has 0 unspecified atom stereocenters. The Morgan fingerprint density at radius 3 is 1.62 bits per heavy atom. The fourth-order valence-corrected chi connectivity index (χ4v) is 9.43. The number of rotatable bonds is 5. The van der Waals surface area contributed by atoms with E-state index < -0.39 is 0 Å². The Labute approximate surface area is 349 Å². The van der Waals surface area contributed by atoms with Crippen molar-refractivity contribution >= 4 is 71.2 Å². The SMILES string of the molecule is c1ccc(-c2nc(-c3ccccc3)nc(-n3c4ccccc4c4nc5c6cc(-c7cccc8c7c7ccccc7n8-c7ccccc7)ccc6c6ccccc6n5c43)n2)cc1. The van der Waals surface area contributed by atoms with Gasteiger partial charge in [-0.3, -0.25) is 8.97 Å². The summed E-state index contributed by atoms with van der Waals surface area (Å²) in [5, 5.41) is 6.81. The van der Waals surface area contributed by atoms with E-state index in [-0.39, 0.29) is 0 Å². The molecule has 0 bridgehead atoms. The molecule has 284 valence electrons. The first kappa shape index (κ1) is 33.5. The molecule has 0 amide bonds. The molecule has 0 aliphatic rings. The molecule has 0 saturated carbocycles. The summed E-state index contributed by atoms with van der Waals surface area (Å²) in [6, 6.07) is 70.2. The maximum absolute atomic E-state index is 5.59. The van der Waals surface area contributed by atoms with Crippen LogP contribution < -0.4 is 0 Å². The first-order valence-electron chi connectivity index (χ1n) is 20.5. The molecule has 0 fully saturated rings. The van der Waals surface area contributed by atoms with Gasteiger partial charge >= 0.3 is 0 Å². The molecule has 0 N–H and O–H groups in total. The smallest absolute Gasteiger partial charge is 0.240 e. The molecule has 0 radical (unpaired) electrons. The molecule has 0 spiro atoms. The van der Waals surface area contributed by atoms with Crippen molar-refractivity contribution in [1.82, 2.24) is 33.5 Å². The highest BCUT2D eigenvalue weighted by Crippen LogP contribution is 2.42. The quantitative estimate of drug-likeness (QED) is 0.163. The van der Waals surface area contributed by atoms with Gasteiger partial charge in [-0.15, -0.1) is 0 Å². The molecule has 61 heavy (non-hydrogen) atoms. The van der Waals surface area contributed by atoms with Gasteiger partial charge in [-0.2, -0.15) is 9.97 Å². The fourth-order valence-electron chi connectivity index (χ4n) is 9.43. The maximum Gasteiger partial charge on any atom is 0.240 e. The second-order valence-electron chi connectivity index (χ2n) is 15.5. The normalized spacial score (nSPS) is 11.9. The lowest BCUT2D eigenvalue weighted by Gasteiger charge is -2.14. The highest BCUT2D eigenvalue weighted by Gasteiger charge is 2.25. The van der Waals surface area contributed by atoms with Crippen molar-refractivity contribution in [3.63, 3.8) is 0 Å². The van der Waals surface area contributed by atoms with Gasteiger partial charge < -0.3 is 4.57 Å².